The van der Waals surface area contributed by atoms with Crippen molar-refractivity contribution in [3.05, 3.63) is 24.1 Å². The van der Waals surface area contributed by atoms with Crippen LogP contribution in [-0.2, 0) is 9.02 Å². The first-order valence-electron chi connectivity index (χ1n) is 4.55. The normalized spacial score (nSPS) is 10.8. The van der Waals surface area contributed by atoms with Crippen molar-refractivity contribution in [2.75, 3.05) is 13.7 Å². The van der Waals surface area contributed by atoms with Crippen LogP contribution in [0.5, 0.6) is 0 Å². The van der Waals surface area contributed by atoms with E-state index in [2.05, 4.69) is 15.0 Å². The van der Waals surface area contributed by atoms with Crippen molar-refractivity contribution < 1.29 is 22.2 Å². The Morgan fingerprint density at radius 3 is 3.18 bits per heavy atom. The van der Waals surface area contributed by atoms with E-state index in [9.17, 15) is 8.78 Å². The van der Waals surface area contributed by atoms with E-state index in [-0.39, 0.29) is 18.3 Å². The van der Waals surface area contributed by atoms with Crippen LogP contribution in [0.3, 0.4) is 0 Å². The monoisotopic (exact) mass is 264 g/mol. The van der Waals surface area contributed by atoms with Crippen LogP contribution in [0, 0.1) is 0 Å². The highest BCUT2D eigenvalue weighted by Gasteiger charge is 2.03. The molecule has 0 unspecified atom stereocenters. The molecule has 17 heavy (non-hydrogen) atoms. The Morgan fingerprint density at radius 2 is 2.47 bits per heavy atom. The van der Waals surface area contributed by atoms with Gasteiger partial charge in [-0.1, -0.05) is 5.16 Å². The third-order valence-electron chi connectivity index (χ3n) is 1.42. The zero-order chi connectivity index (χ0) is 12.5. The minimum atomic E-state index is -1.72. The van der Waals surface area contributed by atoms with Gasteiger partial charge in [-0.15, -0.1) is 0 Å². The van der Waals surface area contributed by atoms with E-state index in [1.807, 2.05) is 0 Å². The van der Waals surface area contributed by atoms with Crippen LogP contribution < -0.4 is 0 Å². The average molecular weight is 264 g/mol. The minimum Gasteiger partial charge on any atom is -0.429 e. The van der Waals surface area contributed by atoms with Crippen molar-refractivity contribution in [2.45, 2.75) is 11.6 Å². The van der Waals surface area contributed by atoms with E-state index in [1.54, 1.807) is 0 Å². The lowest BCUT2D eigenvalue weighted by atomic mass is 10.4. The maximum Gasteiger partial charge on any atom is 0.284 e. The minimum absolute atomic E-state index is 0.133. The van der Waals surface area contributed by atoms with Crippen molar-refractivity contribution in [1.29, 1.82) is 0 Å². The third kappa shape index (κ3) is 6.03. The van der Waals surface area contributed by atoms with Crippen LogP contribution in [0.1, 0.15) is 12.2 Å². The molecule has 0 aliphatic rings. The Balaban J connectivity index is 2.25. The molecule has 0 spiro atoms. The van der Waals surface area contributed by atoms with Crippen LogP contribution in [-0.4, -0.2) is 24.9 Å². The predicted octanol–water partition coefficient (Wildman–Crippen LogP) is 2.85. The van der Waals surface area contributed by atoms with Crippen LogP contribution >= 0.6 is 12.0 Å². The summed E-state index contributed by atoms with van der Waals surface area (Å²) >= 11 is 0.872. The Bertz CT molecular complexity index is 391. The van der Waals surface area contributed by atoms with Gasteiger partial charge in [-0.05, 0) is 12.5 Å². The lowest BCUT2D eigenvalue weighted by Gasteiger charge is -1.95. The van der Waals surface area contributed by atoms with Gasteiger partial charge < -0.3 is 13.4 Å². The molecule has 0 aliphatic heterocycles. The van der Waals surface area contributed by atoms with Crippen molar-refractivity contribution in [3.8, 4) is 0 Å². The average Bonchev–Trinajstić information content (AvgIpc) is 2.73. The molecule has 0 saturated heterocycles. The number of halogens is 2. The summed E-state index contributed by atoms with van der Waals surface area (Å²) in [5.41, 5.74) is 0. The van der Waals surface area contributed by atoms with Gasteiger partial charge in [-0.25, -0.2) is 4.98 Å². The van der Waals surface area contributed by atoms with E-state index in [1.165, 1.54) is 19.5 Å². The molecule has 0 fully saturated rings. The first-order valence-corrected chi connectivity index (χ1v) is 5.29. The van der Waals surface area contributed by atoms with Crippen molar-refractivity contribution >= 4 is 18.3 Å². The van der Waals surface area contributed by atoms with Gasteiger partial charge in [0.2, 0.25) is 0 Å². The maximum absolute atomic E-state index is 11.6. The standard InChI is InChI=1S/C9H10F2N2O3S/c1-14-13-6-7-5-12-9(16-7)17-15-4-2-3-8(10)11/h3,5-6H,2,4H2,1H3/b13-6-. The van der Waals surface area contributed by atoms with Crippen LogP contribution in [0.25, 0.3) is 0 Å². The third-order valence-corrected chi connectivity index (χ3v) is 2.03. The summed E-state index contributed by atoms with van der Waals surface area (Å²) in [4.78, 5) is 8.32. The molecule has 0 aliphatic carbocycles. The van der Waals surface area contributed by atoms with Gasteiger partial charge in [0, 0.05) is 0 Å². The van der Waals surface area contributed by atoms with Crippen molar-refractivity contribution in [2.24, 2.45) is 5.16 Å². The van der Waals surface area contributed by atoms with Crippen LogP contribution in [0.2, 0.25) is 0 Å². The number of oxime groups is 1. The Labute approximate surface area is 101 Å². The fraction of sp³-hybridized carbons (Fsp3) is 0.333. The summed E-state index contributed by atoms with van der Waals surface area (Å²) in [5.74, 6) is 0.410. The van der Waals surface area contributed by atoms with Gasteiger partial charge in [0.15, 0.2) is 5.76 Å². The number of nitrogens with zero attached hydrogens (tertiary/aromatic N) is 2. The fourth-order valence-electron chi connectivity index (χ4n) is 0.781. The SMILES string of the molecule is CO/N=C\c1cnc(SOCCC=C(F)F)o1. The van der Waals surface area contributed by atoms with Gasteiger partial charge >= 0.3 is 0 Å². The topological polar surface area (TPSA) is 56.9 Å². The summed E-state index contributed by atoms with van der Waals surface area (Å²) in [7, 11) is 1.41. The largest absolute Gasteiger partial charge is 0.429 e. The van der Waals surface area contributed by atoms with E-state index < -0.39 is 6.08 Å². The van der Waals surface area contributed by atoms with Gasteiger partial charge in [0.1, 0.15) is 13.3 Å². The summed E-state index contributed by atoms with van der Waals surface area (Å²) in [6.07, 6.45) is 1.99. The van der Waals surface area contributed by atoms with Gasteiger partial charge in [-0.3, -0.25) is 0 Å². The molecule has 0 bridgehead atoms. The highest BCUT2D eigenvalue weighted by atomic mass is 32.2. The van der Waals surface area contributed by atoms with Crippen molar-refractivity contribution in [1.82, 2.24) is 4.98 Å². The molecule has 0 amide bonds. The molecular formula is C9H10F2N2O3S. The number of hydrogen-bond donors (Lipinski definition) is 0. The van der Waals surface area contributed by atoms with Gasteiger partial charge in [0.25, 0.3) is 11.3 Å². The molecule has 0 aromatic carbocycles. The molecule has 1 rings (SSSR count). The maximum atomic E-state index is 11.6. The second kappa shape index (κ2) is 7.80. The Kier molecular flexibility index (Phi) is 6.26. The zero-order valence-electron chi connectivity index (χ0n) is 8.93. The second-order valence-corrected chi connectivity index (χ2v) is 3.38. The molecule has 1 heterocycles. The number of rotatable bonds is 7. The molecule has 0 radical (unpaired) electrons. The van der Waals surface area contributed by atoms with E-state index >= 15 is 0 Å². The quantitative estimate of drug-likeness (QED) is 0.328. The predicted molar refractivity (Wildman–Crippen MR) is 57.8 cm³/mol. The summed E-state index contributed by atoms with van der Waals surface area (Å²) < 4.78 is 33.4. The summed E-state index contributed by atoms with van der Waals surface area (Å²) in [6, 6.07) is 0. The van der Waals surface area contributed by atoms with Gasteiger partial charge in [-0.2, -0.15) is 8.78 Å². The Morgan fingerprint density at radius 1 is 1.65 bits per heavy atom. The first kappa shape index (κ1) is 13.7. The highest BCUT2D eigenvalue weighted by molar-refractivity contribution is 7.94. The molecule has 0 atom stereocenters. The molecular weight excluding hydrogens is 254 g/mol. The molecule has 1 aromatic heterocycles. The Hall–Kier alpha value is -1.41. The van der Waals surface area contributed by atoms with E-state index in [0.717, 1.165) is 18.1 Å². The summed E-state index contributed by atoms with van der Waals surface area (Å²) in [6.45, 7) is 0.145. The number of aromatic nitrogens is 1. The molecule has 0 saturated carbocycles. The second-order valence-electron chi connectivity index (χ2n) is 2.63. The summed E-state index contributed by atoms with van der Waals surface area (Å²) in [5, 5.41) is 3.76. The number of hydrogen-bond acceptors (Lipinski definition) is 6. The molecule has 0 N–H and O–H groups in total. The molecule has 94 valence electrons. The molecule has 5 nitrogen and oxygen atoms in total. The van der Waals surface area contributed by atoms with Crippen LogP contribution in [0.15, 0.2) is 33.1 Å². The highest BCUT2D eigenvalue weighted by Crippen LogP contribution is 2.18. The lowest BCUT2D eigenvalue weighted by Crippen LogP contribution is -1.84. The molecule has 8 heteroatoms. The van der Waals surface area contributed by atoms with Crippen molar-refractivity contribution in [3.63, 3.8) is 0 Å². The number of oxazole rings is 1. The fourth-order valence-corrected chi connectivity index (χ4v) is 1.29. The van der Waals surface area contributed by atoms with Gasteiger partial charge in [0.05, 0.1) is 24.8 Å². The van der Waals surface area contributed by atoms with E-state index in [0.29, 0.717) is 5.76 Å². The molecule has 1 aromatic rings. The van der Waals surface area contributed by atoms with Crippen LogP contribution in [0.4, 0.5) is 8.78 Å². The lowest BCUT2D eigenvalue weighted by molar-refractivity contribution is 0.214. The van der Waals surface area contributed by atoms with E-state index in [4.69, 9.17) is 8.60 Å². The first-order chi connectivity index (χ1) is 8.22. The smallest absolute Gasteiger partial charge is 0.284 e. The zero-order valence-corrected chi connectivity index (χ0v) is 9.75.